The fraction of sp³-hybridized carbons (Fsp3) is 0. The summed E-state index contributed by atoms with van der Waals surface area (Å²) in [5, 5.41) is 5.18. The number of aromatic nitrogens is 3. The van der Waals surface area contributed by atoms with Crippen LogP contribution in [0.4, 0.5) is 5.13 Å². The lowest BCUT2D eigenvalue weighted by Crippen LogP contribution is -2.11. The maximum absolute atomic E-state index is 12.1. The summed E-state index contributed by atoms with van der Waals surface area (Å²) in [6.45, 7) is 0. The Labute approximate surface area is 133 Å². The minimum Gasteiger partial charge on any atom is -0.298 e. The van der Waals surface area contributed by atoms with E-state index in [1.54, 1.807) is 24.7 Å². The number of nitrogens with one attached hydrogen (secondary N) is 1. The molecule has 3 aromatic rings. The van der Waals surface area contributed by atoms with Crippen molar-refractivity contribution in [1.82, 2.24) is 15.0 Å². The van der Waals surface area contributed by atoms with E-state index in [0.29, 0.717) is 10.7 Å². The van der Waals surface area contributed by atoms with Crippen molar-refractivity contribution >= 4 is 38.3 Å². The molecule has 0 aliphatic heterocycles. The number of nitrogens with zero attached hydrogens (tertiary/aromatic N) is 3. The van der Waals surface area contributed by atoms with E-state index < -0.39 is 0 Å². The molecule has 21 heavy (non-hydrogen) atoms. The molecule has 5 nitrogen and oxygen atoms in total. The number of carbonyl (C=O) groups is 1. The third-order valence-electron chi connectivity index (χ3n) is 2.65. The molecule has 0 saturated carbocycles. The highest BCUT2D eigenvalue weighted by molar-refractivity contribution is 9.10. The van der Waals surface area contributed by atoms with Gasteiger partial charge in [-0.2, -0.15) is 0 Å². The molecule has 0 aliphatic carbocycles. The minimum atomic E-state index is -0.240. The SMILES string of the molecule is O=C(Nc1nc(-c2cccnc2)cs1)c1cncc(Br)c1. The number of pyridine rings is 2. The number of hydrogen-bond donors (Lipinski definition) is 1. The Kier molecular flexibility index (Phi) is 4.03. The topological polar surface area (TPSA) is 67.8 Å². The van der Waals surface area contributed by atoms with Crippen LogP contribution >= 0.6 is 27.3 Å². The maximum Gasteiger partial charge on any atom is 0.259 e. The highest BCUT2D eigenvalue weighted by atomic mass is 79.9. The molecule has 0 aliphatic rings. The van der Waals surface area contributed by atoms with E-state index in [4.69, 9.17) is 0 Å². The molecule has 0 atom stereocenters. The van der Waals surface area contributed by atoms with E-state index in [1.165, 1.54) is 17.5 Å². The largest absolute Gasteiger partial charge is 0.298 e. The fourth-order valence-electron chi connectivity index (χ4n) is 1.68. The van der Waals surface area contributed by atoms with Crippen LogP contribution in [0.15, 0.2) is 52.8 Å². The number of anilines is 1. The van der Waals surface area contributed by atoms with Crippen LogP contribution < -0.4 is 5.32 Å². The lowest BCUT2D eigenvalue weighted by Gasteiger charge is -2.01. The highest BCUT2D eigenvalue weighted by Gasteiger charge is 2.10. The van der Waals surface area contributed by atoms with Gasteiger partial charge in [-0.25, -0.2) is 4.98 Å². The Morgan fingerprint density at radius 1 is 1.24 bits per heavy atom. The first-order chi connectivity index (χ1) is 10.2. The van der Waals surface area contributed by atoms with Crippen LogP contribution in [-0.2, 0) is 0 Å². The van der Waals surface area contributed by atoms with E-state index in [0.717, 1.165) is 15.7 Å². The van der Waals surface area contributed by atoms with Crippen molar-refractivity contribution in [1.29, 1.82) is 0 Å². The van der Waals surface area contributed by atoms with Gasteiger partial charge in [-0.15, -0.1) is 11.3 Å². The Bertz CT molecular complexity index is 775. The molecule has 0 saturated heterocycles. The van der Waals surface area contributed by atoms with Gasteiger partial charge in [0.1, 0.15) is 0 Å². The summed E-state index contributed by atoms with van der Waals surface area (Å²) in [4.78, 5) is 24.5. The summed E-state index contributed by atoms with van der Waals surface area (Å²) in [5.74, 6) is -0.240. The number of carbonyl (C=O) groups excluding carboxylic acids is 1. The van der Waals surface area contributed by atoms with Crippen molar-refractivity contribution in [2.24, 2.45) is 0 Å². The van der Waals surface area contributed by atoms with E-state index in [9.17, 15) is 4.79 Å². The van der Waals surface area contributed by atoms with Crippen molar-refractivity contribution in [2.45, 2.75) is 0 Å². The molecule has 104 valence electrons. The molecule has 1 amide bonds. The Hall–Kier alpha value is -2.12. The molecule has 0 fully saturated rings. The van der Waals surface area contributed by atoms with E-state index in [-0.39, 0.29) is 5.91 Å². The molecule has 0 bridgehead atoms. The standard InChI is InChI=1S/C14H9BrN4OS/c15-11-4-10(6-17-7-11)13(20)19-14-18-12(8-21-14)9-2-1-3-16-5-9/h1-8H,(H,18,19,20). The zero-order chi connectivity index (χ0) is 14.7. The molecule has 3 aromatic heterocycles. The quantitative estimate of drug-likeness (QED) is 0.774. The number of amides is 1. The van der Waals surface area contributed by atoms with Crippen molar-refractivity contribution in [3.63, 3.8) is 0 Å². The van der Waals surface area contributed by atoms with Gasteiger partial charge in [-0.05, 0) is 34.1 Å². The van der Waals surface area contributed by atoms with Crippen LogP contribution in [0.2, 0.25) is 0 Å². The zero-order valence-corrected chi connectivity index (χ0v) is 13.1. The summed E-state index contributed by atoms with van der Waals surface area (Å²) < 4.78 is 0.755. The number of rotatable bonds is 3. The predicted molar refractivity (Wildman–Crippen MR) is 85.2 cm³/mol. The summed E-state index contributed by atoms with van der Waals surface area (Å²) in [6, 6.07) is 5.48. The Balaban J connectivity index is 1.77. The first-order valence-corrected chi connectivity index (χ1v) is 7.67. The predicted octanol–water partition coefficient (Wildman–Crippen LogP) is 3.61. The first-order valence-electron chi connectivity index (χ1n) is 6.00. The Morgan fingerprint density at radius 2 is 2.14 bits per heavy atom. The molecule has 0 unspecified atom stereocenters. The minimum absolute atomic E-state index is 0.240. The monoisotopic (exact) mass is 360 g/mol. The summed E-state index contributed by atoms with van der Waals surface area (Å²) >= 11 is 4.66. The van der Waals surface area contributed by atoms with E-state index in [2.05, 4.69) is 36.2 Å². The summed E-state index contributed by atoms with van der Waals surface area (Å²) in [5.41, 5.74) is 2.18. The molecule has 7 heteroatoms. The lowest BCUT2D eigenvalue weighted by molar-refractivity contribution is 0.102. The summed E-state index contributed by atoms with van der Waals surface area (Å²) in [7, 11) is 0. The second-order valence-electron chi connectivity index (χ2n) is 4.13. The van der Waals surface area contributed by atoms with Gasteiger partial charge < -0.3 is 0 Å². The van der Waals surface area contributed by atoms with Gasteiger partial charge in [-0.1, -0.05) is 0 Å². The van der Waals surface area contributed by atoms with Gasteiger partial charge in [0.2, 0.25) is 0 Å². The molecule has 3 rings (SSSR count). The smallest absolute Gasteiger partial charge is 0.259 e. The fourth-order valence-corrected chi connectivity index (χ4v) is 2.76. The zero-order valence-electron chi connectivity index (χ0n) is 10.7. The Morgan fingerprint density at radius 3 is 2.90 bits per heavy atom. The van der Waals surface area contributed by atoms with Gasteiger partial charge in [0.15, 0.2) is 5.13 Å². The molecular weight excluding hydrogens is 352 g/mol. The average molecular weight is 361 g/mol. The van der Waals surface area contributed by atoms with Gasteiger partial charge in [0, 0.05) is 40.2 Å². The molecule has 0 spiro atoms. The van der Waals surface area contributed by atoms with Crippen molar-refractivity contribution in [3.05, 3.63) is 58.4 Å². The number of halogens is 1. The second kappa shape index (κ2) is 6.11. The maximum atomic E-state index is 12.1. The first kappa shape index (κ1) is 13.8. The van der Waals surface area contributed by atoms with Crippen molar-refractivity contribution in [2.75, 3.05) is 5.32 Å². The normalized spacial score (nSPS) is 10.3. The van der Waals surface area contributed by atoms with Gasteiger partial charge in [-0.3, -0.25) is 20.1 Å². The van der Waals surface area contributed by atoms with Crippen molar-refractivity contribution in [3.8, 4) is 11.3 Å². The molecular formula is C14H9BrN4OS. The van der Waals surface area contributed by atoms with Crippen LogP contribution in [0, 0.1) is 0 Å². The molecule has 0 aromatic carbocycles. The molecule has 0 radical (unpaired) electrons. The average Bonchev–Trinajstić information content (AvgIpc) is 2.97. The van der Waals surface area contributed by atoms with Crippen LogP contribution in [0.3, 0.4) is 0 Å². The van der Waals surface area contributed by atoms with E-state index in [1.807, 2.05) is 17.5 Å². The lowest BCUT2D eigenvalue weighted by atomic mass is 10.2. The van der Waals surface area contributed by atoms with Gasteiger partial charge in [0.05, 0.1) is 11.3 Å². The highest BCUT2D eigenvalue weighted by Crippen LogP contribution is 2.24. The van der Waals surface area contributed by atoms with Crippen LogP contribution in [-0.4, -0.2) is 20.9 Å². The molecule has 3 heterocycles. The number of thiazole rings is 1. The van der Waals surface area contributed by atoms with Crippen LogP contribution in [0.1, 0.15) is 10.4 Å². The third kappa shape index (κ3) is 3.32. The summed E-state index contributed by atoms with van der Waals surface area (Å²) in [6.07, 6.45) is 6.58. The van der Waals surface area contributed by atoms with Crippen LogP contribution in [0.5, 0.6) is 0 Å². The molecule has 1 N–H and O–H groups in total. The number of hydrogen-bond acceptors (Lipinski definition) is 5. The van der Waals surface area contributed by atoms with Crippen LogP contribution in [0.25, 0.3) is 11.3 Å². The third-order valence-corrected chi connectivity index (χ3v) is 3.84. The van der Waals surface area contributed by atoms with Crippen molar-refractivity contribution < 1.29 is 4.79 Å². The van der Waals surface area contributed by atoms with Gasteiger partial charge in [0.25, 0.3) is 5.91 Å². The second-order valence-corrected chi connectivity index (χ2v) is 5.90. The van der Waals surface area contributed by atoms with E-state index >= 15 is 0 Å². The van der Waals surface area contributed by atoms with Gasteiger partial charge >= 0.3 is 0 Å².